The monoisotopic (exact) mass is 621 g/mol. The number of alkyl halides is 3. The number of carbonyl (C=O) groups is 1. The number of nitrogens with zero attached hydrogens (tertiary/aromatic N) is 4. The third-order valence-electron chi connectivity index (χ3n) is 7.09. The molecular formula is C27H21Cl2F4N7O2. The van der Waals surface area contributed by atoms with Gasteiger partial charge in [-0.05, 0) is 48.0 Å². The number of hydrogen-bond acceptors (Lipinski definition) is 4. The first-order valence-corrected chi connectivity index (χ1v) is 13.5. The quantitative estimate of drug-likeness (QED) is 0.290. The van der Waals surface area contributed by atoms with Gasteiger partial charge in [0, 0.05) is 37.9 Å². The van der Waals surface area contributed by atoms with Crippen LogP contribution in [0.25, 0.3) is 5.52 Å². The Morgan fingerprint density at radius 2 is 1.86 bits per heavy atom. The van der Waals surface area contributed by atoms with Crippen molar-refractivity contribution in [2.24, 2.45) is 4.99 Å². The SMILES string of the molecule is O=C(c1cc(Cc2c[nH]c(=O)c3cc(Cl)c(Cl)n23)ccc1F)N1NC(=Nc2ccc(C(F)(F)F)cc2)N2CCNCC21. The molecule has 218 valence electrons. The van der Waals surface area contributed by atoms with Crippen LogP contribution in [0.15, 0.2) is 64.5 Å². The smallest absolute Gasteiger partial charge is 0.326 e. The zero-order chi connectivity index (χ0) is 29.8. The molecule has 1 atom stereocenters. The molecule has 0 bridgehead atoms. The number of halogens is 6. The number of aromatic amines is 1. The zero-order valence-corrected chi connectivity index (χ0v) is 23.0. The van der Waals surface area contributed by atoms with Crippen molar-refractivity contribution in [3.8, 4) is 0 Å². The molecule has 4 heterocycles. The van der Waals surface area contributed by atoms with Crippen LogP contribution in [0.3, 0.4) is 0 Å². The van der Waals surface area contributed by atoms with Gasteiger partial charge in [0.1, 0.15) is 22.7 Å². The van der Waals surface area contributed by atoms with Gasteiger partial charge < -0.3 is 15.2 Å². The Labute approximate surface area is 245 Å². The summed E-state index contributed by atoms with van der Waals surface area (Å²) in [6, 6.07) is 9.89. The molecule has 2 aromatic heterocycles. The first kappa shape index (κ1) is 28.1. The van der Waals surface area contributed by atoms with Gasteiger partial charge in [0.05, 0.1) is 21.8 Å². The number of carbonyl (C=O) groups excluding carboxylic acids is 1. The molecule has 9 nitrogen and oxygen atoms in total. The van der Waals surface area contributed by atoms with Crippen molar-refractivity contribution >= 4 is 46.3 Å². The number of benzene rings is 2. The maximum atomic E-state index is 15.1. The highest BCUT2D eigenvalue weighted by atomic mass is 35.5. The van der Waals surface area contributed by atoms with Crippen LogP contribution in [0, 0.1) is 5.82 Å². The molecule has 3 N–H and O–H groups in total. The van der Waals surface area contributed by atoms with Crippen molar-refractivity contribution in [3.63, 3.8) is 0 Å². The normalized spacial score (nSPS) is 18.0. The summed E-state index contributed by atoms with van der Waals surface area (Å²) in [4.78, 5) is 34.8. The van der Waals surface area contributed by atoms with E-state index in [0.717, 1.165) is 12.1 Å². The third kappa shape index (κ3) is 5.08. The number of hydrogen-bond donors (Lipinski definition) is 3. The number of nitrogens with one attached hydrogen (secondary N) is 3. The van der Waals surface area contributed by atoms with Gasteiger partial charge >= 0.3 is 6.18 Å². The topological polar surface area (TPSA) is 97.2 Å². The fourth-order valence-electron chi connectivity index (χ4n) is 5.04. The Kier molecular flexibility index (Phi) is 7.11. The molecule has 0 spiro atoms. The molecule has 0 radical (unpaired) electrons. The molecule has 0 aliphatic carbocycles. The summed E-state index contributed by atoms with van der Waals surface area (Å²) in [6.07, 6.45) is -3.39. The summed E-state index contributed by atoms with van der Waals surface area (Å²) >= 11 is 12.4. The lowest BCUT2D eigenvalue weighted by Gasteiger charge is -2.33. The lowest BCUT2D eigenvalue weighted by Crippen LogP contribution is -2.55. The second kappa shape index (κ2) is 10.6. The van der Waals surface area contributed by atoms with Crippen molar-refractivity contribution in [3.05, 3.63) is 103 Å². The van der Waals surface area contributed by atoms with Crippen LogP contribution in [0.5, 0.6) is 0 Å². The average Bonchev–Trinajstić information content (AvgIpc) is 3.48. The predicted octanol–water partition coefficient (Wildman–Crippen LogP) is 4.56. The van der Waals surface area contributed by atoms with Crippen LogP contribution in [0.4, 0.5) is 23.2 Å². The number of aliphatic imine (C=N–C) groups is 1. The first-order chi connectivity index (χ1) is 20.0. The van der Waals surface area contributed by atoms with Gasteiger partial charge in [-0.1, -0.05) is 29.3 Å². The molecule has 4 aromatic rings. The van der Waals surface area contributed by atoms with E-state index < -0.39 is 29.6 Å². The van der Waals surface area contributed by atoms with Crippen LogP contribution in [-0.2, 0) is 12.6 Å². The number of fused-ring (bicyclic) bond motifs is 2. The fraction of sp³-hybridized carbons (Fsp3) is 0.222. The minimum atomic E-state index is -4.48. The number of hydrazine groups is 1. The molecule has 2 fully saturated rings. The van der Waals surface area contributed by atoms with Crippen LogP contribution in [-0.4, -0.2) is 57.0 Å². The highest BCUT2D eigenvalue weighted by Crippen LogP contribution is 2.31. The zero-order valence-electron chi connectivity index (χ0n) is 21.5. The fourth-order valence-corrected chi connectivity index (χ4v) is 5.49. The number of guanidine groups is 1. The van der Waals surface area contributed by atoms with Gasteiger partial charge in [-0.15, -0.1) is 0 Å². The maximum Gasteiger partial charge on any atom is 0.416 e. The van der Waals surface area contributed by atoms with Gasteiger partial charge in [-0.2, -0.15) is 13.2 Å². The summed E-state index contributed by atoms with van der Waals surface area (Å²) in [5.41, 5.74) is 3.13. The summed E-state index contributed by atoms with van der Waals surface area (Å²) in [7, 11) is 0. The third-order valence-corrected chi connectivity index (χ3v) is 7.85. The standard InChI is InChI=1S/C27H21Cl2F4N7O2/c28-19-11-21-24(41)35-12-17(39(21)23(19)29)9-14-1-6-20(30)18(10-14)25(42)40-22-13-34-7-8-38(22)26(37-40)36-16-4-2-15(3-5-16)27(31,32)33/h1-6,10-12,22,34H,7-9,13H2,(H,35,41)(H,36,37). The van der Waals surface area contributed by atoms with Crippen LogP contribution in [0.1, 0.15) is 27.2 Å². The minimum absolute atomic E-state index is 0.150. The van der Waals surface area contributed by atoms with E-state index in [2.05, 4.69) is 20.7 Å². The predicted molar refractivity (Wildman–Crippen MR) is 148 cm³/mol. The number of amides is 1. The number of rotatable bonds is 4. The molecular weight excluding hydrogens is 601 g/mol. The lowest BCUT2D eigenvalue weighted by atomic mass is 10.0. The summed E-state index contributed by atoms with van der Waals surface area (Å²) in [6.45, 7) is 1.37. The number of piperazine rings is 1. The van der Waals surface area contributed by atoms with Crippen molar-refractivity contribution in [1.29, 1.82) is 0 Å². The van der Waals surface area contributed by atoms with Gasteiger partial charge in [-0.25, -0.2) is 14.4 Å². The number of H-pyrrole nitrogens is 1. The molecule has 1 amide bonds. The molecule has 1 unspecified atom stereocenters. The van der Waals surface area contributed by atoms with Gasteiger partial charge in [0.2, 0.25) is 5.96 Å². The first-order valence-electron chi connectivity index (χ1n) is 12.7. The second-order valence-corrected chi connectivity index (χ2v) is 10.5. The van der Waals surface area contributed by atoms with Crippen LogP contribution in [0.2, 0.25) is 10.2 Å². The van der Waals surface area contributed by atoms with Crippen molar-refractivity contribution in [1.82, 2.24) is 30.0 Å². The van der Waals surface area contributed by atoms with Gasteiger partial charge in [0.25, 0.3) is 11.5 Å². The molecule has 2 saturated heterocycles. The largest absolute Gasteiger partial charge is 0.416 e. The molecule has 2 aliphatic rings. The minimum Gasteiger partial charge on any atom is -0.326 e. The van der Waals surface area contributed by atoms with Crippen LogP contribution >= 0.6 is 23.2 Å². The highest BCUT2D eigenvalue weighted by Gasteiger charge is 2.41. The van der Waals surface area contributed by atoms with Crippen molar-refractivity contribution < 1.29 is 22.4 Å². The van der Waals surface area contributed by atoms with E-state index in [1.54, 1.807) is 4.90 Å². The Morgan fingerprint density at radius 3 is 2.60 bits per heavy atom. The Morgan fingerprint density at radius 1 is 1.10 bits per heavy atom. The van der Waals surface area contributed by atoms with Gasteiger partial charge in [0.15, 0.2) is 0 Å². The van der Waals surface area contributed by atoms with Crippen molar-refractivity contribution in [2.45, 2.75) is 18.8 Å². The molecule has 0 saturated carbocycles. The molecule has 42 heavy (non-hydrogen) atoms. The van der Waals surface area contributed by atoms with E-state index in [9.17, 15) is 22.8 Å². The summed E-state index contributed by atoms with van der Waals surface area (Å²) < 4.78 is 55.5. The van der Waals surface area contributed by atoms with E-state index in [1.165, 1.54) is 52.0 Å². The van der Waals surface area contributed by atoms with E-state index in [4.69, 9.17) is 23.2 Å². The molecule has 6 rings (SSSR count). The Bertz CT molecular complexity index is 1790. The second-order valence-electron chi connectivity index (χ2n) is 9.75. The maximum absolute atomic E-state index is 15.1. The number of aromatic nitrogens is 2. The molecule has 15 heteroatoms. The van der Waals surface area contributed by atoms with E-state index in [0.29, 0.717) is 30.9 Å². The average molecular weight is 622 g/mol. The Balaban J connectivity index is 1.29. The highest BCUT2D eigenvalue weighted by molar-refractivity contribution is 6.42. The van der Waals surface area contributed by atoms with E-state index >= 15 is 4.39 Å². The van der Waals surface area contributed by atoms with Crippen LogP contribution < -0.4 is 16.3 Å². The molecule has 2 aromatic carbocycles. The Hall–Kier alpha value is -4.07. The van der Waals surface area contributed by atoms with Gasteiger partial charge in [-0.3, -0.25) is 19.4 Å². The summed E-state index contributed by atoms with van der Waals surface area (Å²) in [5.74, 6) is -1.16. The molecule has 2 aliphatic heterocycles. The van der Waals surface area contributed by atoms with E-state index in [-0.39, 0.29) is 44.9 Å². The summed E-state index contributed by atoms with van der Waals surface area (Å²) in [5, 5.41) is 4.78. The lowest BCUT2D eigenvalue weighted by molar-refractivity contribution is -0.137. The van der Waals surface area contributed by atoms with E-state index in [1.807, 2.05) is 0 Å². The van der Waals surface area contributed by atoms with Crippen molar-refractivity contribution in [2.75, 3.05) is 19.6 Å².